The van der Waals surface area contributed by atoms with E-state index in [4.69, 9.17) is 27.1 Å². The highest BCUT2D eigenvalue weighted by atomic mass is 16.5. The normalized spacial score (nSPS) is 10.2. The maximum absolute atomic E-state index is 12.8. The predicted molar refractivity (Wildman–Crippen MR) is 165 cm³/mol. The number of unbranched alkanes of at least 4 members (excludes halogenated alkanes) is 2. The minimum Gasteiger partial charge on any atom is -0.494 e. The fraction of sp³-hybridized carbons (Fsp3) is 0.189. The van der Waals surface area contributed by atoms with Crippen LogP contribution < -0.4 is 14.2 Å². The number of carbonyl (C=O) groups is 2. The summed E-state index contributed by atoms with van der Waals surface area (Å²) in [5.41, 5.74) is 3.96. The monoisotopic (exact) mass is 556 g/mol. The topological polar surface area (TPSA) is 61.8 Å². The van der Waals surface area contributed by atoms with Crippen LogP contribution in [0.4, 0.5) is 0 Å². The third-order valence-corrected chi connectivity index (χ3v) is 6.45. The van der Waals surface area contributed by atoms with Gasteiger partial charge in [0, 0.05) is 24.8 Å². The summed E-state index contributed by atoms with van der Waals surface area (Å²) in [7, 11) is 0. The molecule has 0 atom stereocenters. The fourth-order valence-corrected chi connectivity index (χ4v) is 4.14. The molecule has 4 aromatic carbocycles. The van der Waals surface area contributed by atoms with Crippen molar-refractivity contribution in [2.24, 2.45) is 0 Å². The van der Waals surface area contributed by atoms with Gasteiger partial charge in [0.1, 0.15) is 17.2 Å². The number of Topliss-reactive ketones (excluding diaryl/α,β-unsaturated/α-hetero) is 1. The Bertz CT molecular complexity index is 1410. The minimum absolute atomic E-state index is 0.0371. The Morgan fingerprint density at radius 3 is 1.52 bits per heavy atom. The van der Waals surface area contributed by atoms with E-state index in [9.17, 15) is 9.59 Å². The van der Waals surface area contributed by atoms with E-state index in [-0.39, 0.29) is 5.78 Å². The van der Waals surface area contributed by atoms with Crippen LogP contribution in [0, 0.1) is 24.7 Å². The van der Waals surface area contributed by atoms with Crippen LogP contribution >= 0.6 is 0 Å². The molecule has 0 saturated heterocycles. The Balaban J connectivity index is 1.27. The van der Waals surface area contributed by atoms with Gasteiger partial charge in [-0.05, 0) is 90.2 Å². The zero-order valence-corrected chi connectivity index (χ0v) is 23.4. The van der Waals surface area contributed by atoms with Gasteiger partial charge in [-0.25, -0.2) is 4.79 Å². The van der Waals surface area contributed by atoms with E-state index < -0.39 is 5.97 Å². The van der Waals surface area contributed by atoms with Crippen molar-refractivity contribution >= 4 is 11.8 Å². The lowest BCUT2D eigenvalue weighted by molar-refractivity contribution is 0.0734. The first-order chi connectivity index (χ1) is 20.6. The predicted octanol–water partition coefficient (Wildman–Crippen LogP) is 7.58. The van der Waals surface area contributed by atoms with Crippen LogP contribution in [0.2, 0.25) is 0 Å². The maximum Gasteiger partial charge on any atom is 0.343 e. The van der Waals surface area contributed by atoms with E-state index in [1.807, 2.05) is 48.5 Å². The second-order valence-corrected chi connectivity index (χ2v) is 9.57. The molecule has 0 aromatic heterocycles. The lowest BCUT2D eigenvalue weighted by Crippen LogP contribution is -2.08. The molecule has 0 aliphatic rings. The third kappa shape index (κ3) is 8.88. The van der Waals surface area contributed by atoms with E-state index in [0.29, 0.717) is 55.1 Å². The van der Waals surface area contributed by atoms with Crippen LogP contribution in [-0.4, -0.2) is 25.0 Å². The van der Waals surface area contributed by atoms with E-state index in [1.54, 1.807) is 48.5 Å². The molecule has 5 nitrogen and oxygen atoms in total. The Labute approximate surface area is 247 Å². The number of rotatable bonds is 14. The van der Waals surface area contributed by atoms with Gasteiger partial charge >= 0.3 is 5.97 Å². The molecule has 0 fully saturated rings. The van der Waals surface area contributed by atoms with Crippen molar-refractivity contribution in [3.05, 3.63) is 114 Å². The average molecular weight is 557 g/mol. The lowest BCUT2D eigenvalue weighted by Gasteiger charge is -2.09. The highest BCUT2D eigenvalue weighted by Crippen LogP contribution is 2.24. The minimum atomic E-state index is -0.446. The van der Waals surface area contributed by atoms with Crippen LogP contribution in [0.1, 0.15) is 52.0 Å². The summed E-state index contributed by atoms with van der Waals surface area (Å²) >= 11 is 0. The molecule has 42 heavy (non-hydrogen) atoms. The van der Waals surface area contributed by atoms with Crippen LogP contribution in [0.15, 0.2) is 97.1 Å². The molecule has 4 rings (SSSR count). The number of terminal acetylenes is 2. The molecular weight excluding hydrogens is 524 g/mol. The van der Waals surface area contributed by atoms with E-state index in [1.165, 1.54) is 0 Å². The number of esters is 1. The highest BCUT2D eigenvalue weighted by Gasteiger charge is 2.11. The molecule has 0 spiro atoms. The Hall–Kier alpha value is -5.26. The summed E-state index contributed by atoms with van der Waals surface area (Å²) in [6, 6.07) is 29.2. The number of hydrogen-bond acceptors (Lipinski definition) is 5. The van der Waals surface area contributed by atoms with Crippen LogP contribution in [0.5, 0.6) is 17.2 Å². The zero-order chi connectivity index (χ0) is 29.6. The number of benzene rings is 4. The lowest BCUT2D eigenvalue weighted by atomic mass is 9.99. The SMILES string of the molecule is C#CCCCOc1ccc(C(=O)Cc2ccc(-c3ccc(OC(=O)c4ccc(OCCCC#C)cc4)cc3)cc2)cc1. The molecule has 0 amide bonds. The Morgan fingerprint density at radius 1 is 0.571 bits per heavy atom. The zero-order valence-electron chi connectivity index (χ0n) is 23.4. The summed E-state index contributed by atoms with van der Waals surface area (Å²) in [5.74, 6) is 6.60. The van der Waals surface area contributed by atoms with Gasteiger partial charge in [-0.2, -0.15) is 0 Å². The van der Waals surface area contributed by atoms with Gasteiger partial charge < -0.3 is 14.2 Å². The van der Waals surface area contributed by atoms with Crippen molar-refractivity contribution in [3.63, 3.8) is 0 Å². The summed E-state index contributed by atoms with van der Waals surface area (Å²) in [4.78, 5) is 25.3. The molecule has 0 radical (unpaired) electrons. The molecule has 210 valence electrons. The van der Waals surface area contributed by atoms with Gasteiger partial charge in [-0.15, -0.1) is 24.7 Å². The third-order valence-electron chi connectivity index (χ3n) is 6.45. The van der Waals surface area contributed by atoms with Crippen molar-refractivity contribution in [2.75, 3.05) is 13.2 Å². The van der Waals surface area contributed by atoms with Crippen molar-refractivity contribution < 1.29 is 23.8 Å². The second kappa shape index (κ2) is 15.5. The maximum atomic E-state index is 12.8. The molecule has 0 aliphatic carbocycles. The van der Waals surface area contributed by atoms with Crippen molar-refractivity contribution in [1.82, 2.24) is 0 Å². The first-order valence-electron chi connectivity index (χ1n) is 13.8. The molecule has 0 unspecified atom stereocenters. The van der Waals surface area contributed by atoms with E-state index >= 15 is 0 Å². The number of hydrogen-bond donors (Lipinski definition) is 0. The highest BCUT2D eigenvalue weighted by molar-refractivity contribution is 5.97. The smallest absolute Gasteiger partial charge is 0.343 e. The van der Waals surface area contributed by atoms with Crippen LogP contribution in [-0.2, 0) is 6.42 Å². The van der Waals surface area contributed by atoms with Crippen molar-refractivity contribution in [3.8, 4) is 53.1 Å². The van der Waals surface area contributed by atoms with Gasteiger partial charge in [0.15, 0.2) is 5.78 Å². The van der Waals surface area contributed by atoms with E-state index in [0.717, 1.165) is 35.3 Å². The largest absolute Gasteiger partial charge is 0.494 e. The van der Waals surface area contributed by atoms with Crippen molar-refractivity contribution in [2.45, 2.75) is 32.1 Å². The molecule has 0 aliphatic heterocycles. The molecule has 5 heteroatoms. The molecule has 0 saturated carbocycles. The summed E-state index contributed by atoms with van der Waals surface area (Å²) in [6.07, 6.45) is 13.7. The van der Waals surface area contributed by atoms with E-state index in [2.05, 4.69) is 11.8 Å². The van der Waals surface area contributed by atoms with Crippen LogP contribution in [0.3, 0.4) is 0 Å². The summed E-state index contributed by atoms with van der Waals surface area (Å²) in [5, 5.41) is 0. The van der Waals surface area contributed by atoms with Crippen LogP contribution in [0.25, 0.3) is 11.1 Å². The molecular formula is C37H32O5. The number of ether oxygens (including phenoxy) is 3. The molecule has 0 heterocycles. The quantitative estimate of drug-likeness (QED) is 0.0527. The van der Waals surface area contributed by atoms with Gasteiger partial charge in [-0.1, -0.05) is 36.4 Å². The first kappa shape index (κ1) is 29.7. The van der Waals surface area contributed by atoms with Gasteiger partial charge in [-0.3, -0.25) is 4.79 Å². The fourth-order valence-electron chi connectivity index (χ4n) is 4.14. The average Bonchev–Trinajstić information content (AvgIpc) is 3.03. The molecule has 4 aromatic rings. The molecule has 0 bridgehead atoms. The number of carbonyl (C=O) groups excluding carboxylic acids is 2. The standard InChI is InChI=1S/C37H32O5/c1-3-5-7-25-40-33-19-15-31(16-20-33)36(38)27-28-9-11-29(12-10-28)30-13-23-35(24-14-30)42-37(39)32-17-21-34(22-18-32)41-26-8-6-4-2/h1-2,9-24H,5-8,25-27H2. The first-order valence-corrected chi connectivity index (χ1v) is 13.8. The van der Waals surface area contributed by atoms with Gasteiger partial charge in [0.2, 0.25) is 0 Å². The summed E-state index contributed by atoms with van der Waals surface area (Å²) in [6.45, 7) is 1.08. The van der Waals surface area contributed by atoms with Gasteiger partial charge in [0.25, 0.3) is 0 Å². The number of ketones is 1. The van der Waals surface area contributed by atoms with Crippen molar-refractivity contribution in [1.29, 1.82) is 0 Å². The second-order valence-electron chi connectivity index (χ2n) is 9.57. The molecule has 0 N–H and O–H groups in total. The Morgan fingerprint density at radius 2 is 1.02 bits per heavy atom. The van der Waals surface area contributed by atoms with Gasteiger partial charge in [0.05, 0.1) is 18.8 Å². The summed E-state index contributed by atoms with van der Waals surface area (Å²) < 4.78 is 16.8. The Kier molecular flexibility index (Phi) is 11.0.